The standard InChI is InChI=1S/C17H28N4O2/c1-12-8-14(18)19-9-13(12)10-20-6-7-21(15(22)23)17(5,11-20)16(2,3)4/h8-9H,6-7,10-11H2,1-5H3,(H2,18,19)(H,22,23)/t17-/m1/s1. The Bertz CT molecular complexity index is 597. The molecule has 1 aromatic rings. The number of pyridine rings is 1. The van der Waals surface area contributed by atoms with E-state index in [0.717, 1.165) is 24.2 Å². The molecule has 2 heterocycles. The Hall–Kier alpha value is -1.82. The molecule has 6 heteroatoms. The first-order chi connectivity index (χ1) is 10.5. The molecule has 1 aromatic heterocycles. The molecule has 0 radical (unpaired) electrons. The second kappa shape index (κ2) is 6.00. The first kappa shape index (κ1) is 17.5. The Morgan fingerprint density at radius 2 is 2.09 bits per heavy atom. The highest BCUT2D eigenvalue weighted by Gasteiger charge is 2.48. The summed E-state index contributed by atoms with van der Waals surface area (Å²) in [7, 11) is 0. The van der Waals surface area contributed by atoms with Crippen LogP contribution in [0.15, 0.2) is 12.3 Å². The van der Waals surface area contributed by atoms with Gasteiger partial charge in [0.25, 0.3) is 0 Å². The summed E-state index contributed by atoms with van der Waals surface area (Å²) >= 11 is 0. The summed E-state index contributed by atoms with van der Waals surface area (Å²) < 4.78 is 0. The number of anilines is 1. The van der Waals surface area contributed by atoms with Gasteiger partial charge in [-0.15, -0.1) is 0 Å². The lowest BCUT2D eigenvalue weighted by Gasteiger charge is -2.54. The number of hydrogen-bond acceptors (Lipinski definition) is 4. The first-order valence-electron chi connectivity index (χ1n) is 7.98. The summed E-state index contributed by atoms with van der Waals surface area (Å²) in [6.45, 7) is 13.1. The van der Waals surface area contributed by atoms with Crippen molar-refractivity contribution in [3.8, 4) is 0 Å². The predicted octanol–water partition coefficient (Wildman–Crippen LogP) is 2.57. The van der Waals surface area contributed by atoms with E-state index in [2.05, 4.69) is 30.7 Å². The molecule has 128 valence electrons. The lowest BCUT2D eigenvalue weighted by Crippen LogP contribution is -2.67. The summed E-state index contributed by atoms with van der Waals surface area (Å²) in [5.41, 5.74) is 7.38. The van der Waals surface area contributed by atoms with Crippen molar-refractivity contribution in [2.24, 2.45) is 5.41 Å². The second-order valence-corrected chi connectivity index (χ2v) is 7.70. The molecule has 0 saturated carbocycles. The minimum Gasteiger partial charge on any atom is -0.465 e. The number of nitrogen functional groups attached to an aromatic ring is 1. The molecule has 0 spiro atoms. The average Bonchev–Trinajstić information content (AvgIpc) is 2.40. The first-order valence-corrected chi connectivity index (χ1v) is 7.98. The summed E-state index contributed by atoms with van der Waals surface area (Å²) in [4.78, 5) is 19.7. The zero-order valence-electron chi connectivity index (χ0n) is 14.8. The van der Waals surface area contributed by atoms with E-state index >= 15 is 0 Å². The van der Waals surface area contributed by atoms with Crippen LogP contribution >= 0.6 is 0 Å². The molecule has 6 nitrogen and oxygen atoms in total. The van der Waals surface area contributed by atoms with Gasteiger partial charge in [-0.3, -0.25) is 9.80 Å². The number of piperazine rings is 1. The van der Waals surface area contributed by atoms with E-state index in [1.807, 2.05) is 26.1 Å². The monoisotopic (exact) mass is 320 g/mol. The van der Waals surface area contributed by atoms with Crippen molar-refractivity contribution in [3.05, 3.63) is 23.4 Å². The zero-order chi connectivity index (χ0) is 17.4. The molecule has 1 aliphatic rings. The number of nitrogens with two attached hydrogens (primary N) is 1. The molecule has 2 rings (SSSR count). The molecule has 0 unspecified atom stereocenters. The van der Waals surface area contributed by atoms with Crippen molar-refractivity contribution in [2.75, 3.05) is 25.4 Å². The number of carboxylic acid groups (broad SMARTS) is 1. The molecule has 1 atom stereocenters. The van der Waals surface area contributed by atoms with Gasteiger partial charge in [0.05, 0.1) is 5.54 Å². The quantitative estimate of drug-likeness (QED) is 0.875. The molecule has 1 saturated heterocycles. The van der Waals surface area contributed by atoms with Gasteiger partial charge in [0, 0.05) is 32.4 Å². The van der Waals surface area contributed by atoms with Crippen LogP contribution in [-0.4, -0.2) is 51.2 Å². The fraction of sp³-hybridized carbons (Fsp3) is 0.647. The molecule has 0 aromatic carbocycles. The van der Waals surface area contributed by atoms with Gasteiger partial charge >= 0.3 is 6.09 Å². The van der Waals surface area contributed by atoms with Crippen LogP contribution in [0.25, 0.3) is 0 Å². The lowest BCUT2D eigenvalue weighted by molar-refractivity contribution is -0.0462. The van der Waals surface area contributed by atoms with Gasteiger partial charge in [-0.25, -0.2) is 9.78 Å². The van der Waals surface area contributed by atoms with E-state index in [1.165, 1.54) is 0 Å². The van der Waals surface area contributed by atoms with Crippen LogP contribution in [0.4, 0.5) is 10.6 Å². The highest BCUT2D eigenvalue weighted by atomic mass is 16.4. The van der Waals surface area contributed by atoms with E-state index in [1.54, 1.807) is 4.90 Å². The van der Waals surface area contributed by atoms with Crippen molar-refractivity contribution >= 4 is 11.9 Å². The number of carbonyl (C=O) groups is 1. The molecule has 1 amide bonds. The largest absolute Gasteiger partial charge is 0.465 e. The van der Waals surface area contributed by atoms with Gasteiger partial charge in [-0.05, 0) is 36.5 Å². The van der Waals surface area contributed by atoms with Crippen LogP contribution in [-0.2, 0) is 6.54 Å². The lowest BCUT2D eigenvalue weighted by atomic mass is 9.72. The normalized spacial score (nSPS) is 23.1. The molecular formula is C17H28N4O2. The van der Waals surface area contributed by atoms with Crippen LogP contribution in [0.5, 0.6) is 0 Å². The highest BCUT2D eigenvalue weighted by molar-refractivity contribution is 5.66. The number of aryl methyl sites for hydroxylation is 1. The molecule has 0 aliphatic carbocycles. The van der Waals surface area contributed by atoms with Crippen molar-refractivity contribution < 1.29 is 9.90 Å². The third-order valence-corrected chi connectivity index (χ3v) is 5.25. The number of hydrogen-bond donors (Lipinski definition) is 2. The highest BCUT2D eigenvalue weighted by Crippen LogP contribution is 2.38. The molecule has 1 aliphatic heterocycles. The second-order valence-electron chi connectivity index (χ2n) is 7.70. The number of amides is 1. The van der Waals surface area contributed by atoms with Gasteiger partial charge in [-0.1, -0.05) is 20.8 Å². The van der Waals surface area contributed by atoms with Gasteiger partial charge in [0.15, 0.2) is 0 Å². The smallest absolute Gasteiger partial charge is 0.407 e. The minimum absolute atomic E-state index is 0.154. The zero-order valence-corrected chi connectivity index (χ0v) is 14.8. The molecule has 23 heavy (non-hydrogen) atoms. The maximum absolute atomic E-state index is 11.7. The topological polar surface area (TPSA) is 82.7 Å². The molecule has 1 fully saturated rings. The third-order valence-electron chi connectivity index (χ3n) is 5.25. The Balaban J connectivity index is 2.22. The number of aromatic nitrogens is 1. The van der Waals surface area contributed by atoms with Crippen LogP contribution in [0.3, 0.4) is 0 Å². The average molecular weight is 320 g/mol. The van der Waals surface area contributed by atoms with Crippen LogP contribution in [0.2, 0.25) is 0 Å². The number of nitrogens with zero attached hydrogens (tertiary/aromatic N) is 3. The summed E-state index contributed by atoms with van der Waals surface area (Å²) in [6.07, 6.45) is 0.982. The van der Waals surface area contributed by atoms with E-state index in [-0.39, 0.29) is 5.41 Å². The Labute approximate surface area is 138 Å². The maximum atomic E-state index is 11.7. The van der Waals surface area contributed by atoms with Gasteiger partial charge in [0.1, 0.15) is 5.82 Å². The molecule has 0 bridgehead atoms. The van der Waals surface area contributed by atoms with Crippen molar-refractivity contribution in [3.63, 3.8) is 0 Å². The fourth-order valence-electron chi connectivity index (χ4n) is 3.18. The predicted molar refractivity (Wildman–Crippen MR) is 91.3 cm³/mol. The van der Waals surface area contributed by atoms with Crippen LogP contribution < -0.4 is 5.73 Å². The fourth-order valence-corrected chi connectivity index (χ4v) is 3.18. The van der Waals surface area contributed by atoms with Crippen molar-refractivity contribution in [1.82, 2.24) is 14.8 Å². The van der Waals surface area contributed by atoms with E-state index < -0.39 is 11.6 Å². The summed E-state index contributed by atoms with van der Waals surface area (Å²) in [5.74, 6) is 0.529. The van der Waals surface area contributed by atoms with E-state index in [0.29, 0.717) is 18.9 Å². The van der Waals surface area contributed by atoms with Crippen molar-refractivity contribution in [1.29, 1.82) is 0 Å². The van der Waals surface area contributed by atoms with Gasteiger partial charge in [-0.2, -0.15) is 0 Å². The van der Waals surface area contributed by atoms with Gasteiger partial charge in [0.2, 0.25) is 0 Å². The SMILES string of the molecule is Cc1cc(N)ncc1CN1CCN(C(=O)O)[C@@](C)(C(C)(C)C)C1. The Kier molecular flexibility index (Phi) is 4.57. The third kappa shape index (κ3) is 3.42. The number of rotatable bonds is 2. The van der Waals surface area contributed by atoms with Gasteiger partial charge < -0.3 is 10.8 Å². The van der Waals surface area contributed by atoms with E-state index in [9.17, 15) is 9.90 Å². The Morgan fingerprint density at radius 1 is 1.43 bits per heavy atom. The van der Waals surface area contributed by atoms with E-state index in [4.69, 9.17) is 5.73 Å². The minimum atomic E-state index is -0.840. The van der Waals surface area contributed by atoms with Crippen LogP contribution in [0, 0.1) is 12.3 Å². The summed E-state index contributed by atoms with van der Waals surface area (Å²) in [6, 6.07) is 1.88. The Morgan fingerprint density at radius 3 is 2.61 bits per heavy atom. The van der Waals surface area contributed by atoms with Crippen molar-refractivity contribution in [2.45, 2.75) is 46.7 Å². The van der Waals surface area contributed by atoms with Crippen LogP contribution in [0.1, 0.15) is 38.8 Å². The summed E-state index contributed by atoms with van der Waals surface area (Å²) in [5, 5.41) is 9.57. The molecular weight excluding hydrogens is 292 g/mol. The maximum Gasteiger partial charge on any atom is 0.407 e. The molecule has 3 N–H and O–H groups in total.